The summed E-state index contributed by atoms with van der Waals surface area (Å²) in [5.74, 6) is 2.30. The summed E-state index contributed by atoms with van der Waals surface area (Å²) in [7, 11) is 0. The second-order valence-corrected chi connectivity index (χ2v) is 7.01. The van der Waals surface area contributed by atoms with Crippen LogP contribution in [0.15, 0.2) is 35.7 Å². The zero-order valence-electron chi connectivity index (χ0n) is 15.8. The highest BCUT2D eigenvalue weighted by molar-refractivity contribution is 6.35. The molecule has 0 saturated carbocycles. The standard InChI is InChI=1S/C18H24Cl2N8/c1-2-21-17(25-7-6-22-16-15(20)12-14(19)13-26-16)27-8-10-28(11-9-27)18-23-4-3-5-24-18/h3-5,12-13H,2,6-11H2,1H3,(H,21,25)(H,22,26). The highest BCUT2D eigenvalue weighted by atomic mass is 35.5. The summed E-state index contributed by atoms with van der Waals surface area (Å²) in [6.45, 7) is 7.56. The number of nitrogens with one attached hydrogen (secondary N) is 2. The Morgan fingerprint density at radius 3 is 2.57 bits per heavy atom. The molecule has 2 aromatic heterocycles. The fourth-order valence-corrected chi connectivity index (χ4v) is 3.33. The van der Waals surface area contributed by atoms with Crippen LogP contribution in [-0.2, 0) is 0 Å². The number of guanidine groups is 1. The third kappa shape index (κ3) is 5.59. The lowest BCUT2D eigenvalue weighted by Crippen LogP contribution is -2.53. The van der Waals surface area contributed by atoms with Gasteiger partial charge in [-0.2, -0.15) is 0 Å². The number of rotatable bonds is 6. The van der Waals surface area contributed by atoms with Crippen molar-refractivity contribution in [3.8, 4) is 0 Å². The summed E-state index contributed by atoms with van der Waals surface area (Å²) in [4.78, 5) is 22.0. The van der Waals surface area contributed by atoms with Crippen LogP contribution in [0.3, 0.4) is 0 Å². The molecule has 3 rings (SSSR count). The highest BCUT2D eigenvalue weighted by Gasteiger charge is 2.20. The van der Waals surface area contributed by atoms with E-state index in [1.807, 2.05) is 6.07 Å². The number of anilines is 2. The zero-order valence-corrected chi connectivity index (χ0v) is 17.3. The lowest BCUT2D eigenvalue weighted by atomic mass is 10.3. The second-order valence-electron chi connectivity index (χ2n) is 6.17. The van der Waals surface area contributed by atoms with E-state index in [1.54, 1.807) is 24.7 Å². The molecule has 0 atom stereocenters. The van der Waals surface area contributed by atoms with Gasteiger partial charge in [0.25, 0.3) is 0 Å². The molecule has 28 heavy (non-hydrogen) atoms. The van der Waals surface area contributed by atoms with Crippen molar-refractivity contribution < 1.29 is 0 Å². The minimum absolute atomic E-state index is 0.502. The molecule has 8 nitrogen and oxygen atoms in total. The van der Waals surface area contributed by atoms with Gasteiger partial charge in [-0.25, -0.2) is 15.0 Å². The fraction of sp³-hybridized carbons (Fsp3) is 0.444. The molecule has 10 heteroatoms. The molecule has 0 radical (unpaired) electrons. The van der Waals surface area contributed by atoms with Gasteiger partial charge in [0.2, 0.25) is 5.95 Å². The minimum Gasteiger partial charge on any atom is -0.367 e. The maximum atomic E-state index is 6.13. The van der Waals surface area contributed by atoms with E-state index in [0.29, 0.717) is 29.0 Å². The Bertz CT molecular complexity index is 778. The number of aliphatic imine (C=N–C) groups is 1. The summed E-state index contributed by atoms with van der Waals surface area (Å²) in [6, 6.07) is 3.50. The Labute approximate surface area is 175 Å². The van der Waals surface area contributed by atoms with Gasteiger partial charge in [0, 0.05) is 57.9 Å². The average Bonchev–Trinajstić information content (AvgIpc) is 2.72. The predicted molar refractivity (Wildman–Crippen MR) is 115 cm³/mol. The Kier molecular flexibility index (Phi) is 7.50. The van der Waals surface area contributed by atoms with E-state index in [9.17, 15) is 0 Å². The smallest absolute Gasteiger partial charge is 0.225 e. The lowest BCUT2D eigenvalue weighted by molar-refractivity contribution is 0.370. The molecule has 0 spiro atoms. The van der Waals surface area contributed by atoms with Crippen molar-refractivity contribution >= 4 is 40.9 Å². The van der Waals surface area contributed by atoms with Gasteiger partial charge in [-0.1, -0.05) is 23.2 Å². The van der Waals surface area contributed by atoms with Crippen LogP contribution >= 0.6 is 23.2 Å². The van der Waals surface area contributed by atoms with E-state index in [4.69, 9.17) is 28.2 Å². The van der Waals surface area contributed by atoms with Crippen molar-refractivity contribution in [1.82, 2.24) is 25.2 Å². The first-order valence-electron chi connectivity index (χ1n) is 9.27. The summed E-state index contributed by atoms with van der Waals surface area (Å²) >= 11 is 12.0. The molecule has 0 bridgehead atoms. The van der Waals surface area contributed by atoms with Gasteiger partial charge in [0.1, 0.15) is 5.82 Å². The van der Waals surface area contributed by atoms with Crippen LogP contribution in [0.4, 0.5) is 11.8 Å². The molecule has 0 aromatic carbocycles. The number of piperazine rings is 1. The normalized spacial score (nSPS) is 14.9. The molecule has 1 fully saturated rings. The van der Waals surface area contributed by atoms with Crippen molar-refractivity contribution in [2.24, 2.45) is 4.99 Å². The Balaban J connectivity index is 1.51. The molecule has 0 unspecified atom stereocenters. The summed E-state index contributed by atoms with van der Waals surface area (Å²) in [5, 5.41) is 7.57. The number of hydrogen-bond donors (Lipinski definition) is 2. The van der Waals surface area contributed by atoms with Crippen molar-refractivity contribution in [1.29, 1.82) is 0 Å². The molecular weight excluding hydrogens is 399 g/mol. The molecule has 1 aliphatic rings. The van der Waals surface area contributed by atoms with Crippen molar-refractivity contribution in [2.75, 3.05) is 56.0 Å². The van der Waals surface area contributed by atoms with E-state index in [1.165, 1.54) is 0 Å². The molecule has 150 valence electrons. The maximum absolute atomic E-state index is 6.13. The SMILES string of the molecule is CCNC(=NCCNc1ncc(Cl)cc1Cl)N1CCN(c2ncccn2)CC1. The van der Waals surface area contributed by atoms with Crippen LogP contribution in [0.25, 0.3) is 0 Å². The molecular formula is C18H24Cl2N8. The summed E-state index contributed by atoms with van der Waals surface area (Å²) in [6.07, 6.45) is 5.11. The Morgan fingerprint density at radius 1 is 1.14 bits per heavy atom. The zero-order chi connectivity index (χ0) is 19.8. The highest BCUT2D eigenvalue weighted by Crippen LogP contribution is 2.22. The van der Waals surface area contributed by atoms with E-state index in [0.717, 1.165) is 44.6 Å². The van der Waals surface area contributed by atoms with Crippen LogP contribution in [-0.4, -0.2) is 71.6 Å². The topological polar surface area (TPSA) is 81.6 Å². The van der Waals surface area contributed by atoms with Crippen molar-refractivity contribution in [2.45, 2.75) is 6.92 Å². The van der Waals surface area contributed by atoms with Gasteiger partial charge >= 0.3 is 0 Å². The Hall–Kier alpha value is -2.32. The molecule has 0 amide bonds. The predicted octanol–water partition coefficient (Wildman–Crippen LogP) is 2.38. The lowest BCUT2D eigenvalue weighted by Gasteiger charge is -2.36. The van der Waals surface area contributed by atoms with E-state index in [2.05, 4.69) is 42.3 Å². The van der Waals surface area contributed by atoms with Gasteiger partial charge in [0.05, 0.1) is 16.6 Å². The van der Waals surface area contributed by atoms with Gasteiger partial charge < -0.3 is 20.4 Å². The molecule has 2 N–H and O–H groups in total. The molecule has 2 aromatic rings. The second kappa shape index (κ2) is 10.3. The van der Waals surface area contributed by atoms with Gasteiger partial charge in [-0.15, -0.1) is 0 Å². The van der Waals surface area contributed by atoms with E-state index < -0.39 is 0 Å². The van der Waals surface area contributed by atoms with Crippen LogP contribution in [0.1, 0.15) is 6.92 Å². The first kappa shape index (κ1) is 20.4. The minimum atomic E-state index is 0.502. The largest absolute Gasteiger partial charge is 0.367 e. The third-order valence-electron chi connectivity index (χ3n) is 4.22. The average molecular weight is 423 g/mol. The number of hydrogen-bond acceptors (Lipinski definition) is 6. The van der Waals surface area contributed by atoms with Crippen LogP contribution < -0.4 is 15.5 Å². The molecule has 0 aliphatic carbocycles. The van der Waals surface area contributed by atoms with Gasteiger partial charge in [-0.3, -0.25) is 4.99 Å². The number of nitrogens with zero attached hydrogens (tertiary/aromatic N) is 6. The van der Waals surface area contributed by atoms with Crippen LogP contribution in [0.5, 0.6) is 0 Å². The van der Waals surface area contributed by atoms with Crippen LogP contribution in [0.2, 0.25) is 10.0 Å². The Morgan fingerprint density at radius 2 is 1.89 bits per heavy atom. The van der Waals surface area contributed by atoms with Crippen molar-refractivity contribution in [3.05, 3.63) is 40.8 Å². The van der Waals surface area contributed by atoms with E-state index in [-0.39, 0.29) is 0 Å². The maximum Gasteiger partial charge on any atom is 0.225 e. The first-order valence-corrected chi connectivity index (χ1v) is 10.0. The molecule has 1 saturated heterocycles. The van der Waals surface area contributed by atoms with E-state index >= 15 is 0 Å². The first-order chi connectivity index (χ1) is 13.7. The van der Waals surface area contributed by atoms with Crippen LogP contribution in [0, 0.1) is 0 Å². The number of halogens is 2. The quantitative estimate of drug-likeness (QED) is 0.420. The van der Waals surface area contributed by atoms with Crippen molar-refractivity contribution in [3.63, 3.8) is 0 Å². The van der Waals surface area contributed by atoms with Gasteiger partial charge in [0.15, 0.2) is 5.96 Å². The number of aromatic nitrogens is 3. The van der Waals surface area contributed by atoms with Gasteiger partial charge in [-0.05, 0) is 19.1 Å². The third-order valence-corrected chi connectivity index (χ3v) is 4.72. The fourth-order valence-electron chi connectivity index (χ4n) is 2.88. The summed E-state index contributed by atoms with van der Waals surface area (Å²) in [5.41, 5.74) is 0. The summed E-state index contributed by atoms with van der Waals surface area (Å²) < 4.78 is 0. The monoisotopic (exact) mass is 422 g/mol. The molecule has 3 heterocycles. The molecule has 1 aliphatic heterocycles. The number of pyridine rings is 1.